The largest absolute Gasteiger partial charge is 0.508 e. The summed E-state index contributed by atoms with van der Waals surface area (Å²) in [5.41, 5.74) is 3.49. The second-order valence-electron chi connectivity index (χ2n) is 16.3. The van der Waals surface area contributed by atoms with Gasteiger partial charge in [0.15, 0.2) is 0 Å². The molecule has 0 aromatic heterocycles. The Hall–Kier alpha value is -3.82. The van der Waals surface area contributed by atoms with Gasteiger partial charge in [-0.05, 0) is 82.8 Å². The van der Waals surface area contributed by atoms with Crippen LogP contribution < -0.4 is 10.4 Å². The van der Waals surface area contributed by atoms with Crippen LogP contribution in [0.25, 0.3) is 6.08 Å². The average molecular weight is 736 g/mol. The number of allylic oxidation sites excluding steroid dienone is 1. The van der Waals surface area contributed by atoms with Crippen molar-refractivity contribution in [2.24, 2.45) is 17.8 Å². The quantitative estimate of drug-likeness (QED) is 0.0979. The molecular weight excluding hydrogens is 679 g/mol. The minimum absolute atomic E-state index is 0.103. The van der Waals surface area contributed by atoms with Gasteiger partial charge in [-0.25, -0.2) is 0 Å². The molecule has 0 spiro atoms. The van der Waals surface area contributed by atoms with Gasteiger partial charge in [-0.1, -0.05) is 131 Å². The zero-order valence-corrected chi connectivity index (χ0v) is 32.8. The van der Waals surface area contributed by atoms with Gasteiger partial charge in [0.05, 0.1) is 31.2 Å². The zero-order valence-electron chi connectivity index (χ0n) is 31.8. The zero-order chi connectivity index (χ0) is 37.8. The van der Waals surface area contributed by atoms with E-state index in [2.05, 4.69) is 82.3 Å². The molecule has 3 aliphatic rings. The summed E-state index contributed by atoms with van der Waals surface area (Å²) in [7, 11) is -2.99. The fraction of sp³-hybridized carbons (Fsp3) is 0.467. The van der Waals surface area contributed by atoms with Crippen LogP contribution >= 0.6 is 0 Å². The number of aromatic hydroxyl groups is 1. The van der Waals surface area contributed by atoms with Crippen LogP contribution in [0.1, 0.15) is 91.0 Å². The summed E-state index contributed by atoms with van der Waals surface area (Å²) in [6.07, 6.45) is 7.91. The number of hydrogen-bond donors (Lipinski definition) is 3. The molecule has 0 bridgehead atoms. The first-order valence-corrected chi connectivity index (χ1v) is 21.5. The van der Waals surface area contributed by atoms with Crippen LogP contribution in [0.15, 0.2) is 102 Å². The van der Waals surface area contributed by atoms with Crippen LogP contribution in [0, 0.1) is 17.8 Å². The summed E-state index contributed by atoms with van der Waals surface area (Å²) in [6.45, 7) is 8.60. The van der Waals surface area contributed by atoms with Crippen molar-refractivity contribution in [3.05, 3.63) is 107 Å². The molecule has 3 aromatic carbocycles. The Balaban J connectivity index is 1.40. The lowest BCUT2D eigenvalue weighted by molar-refractivity contribution is -0.143. The van der Waals surface area contributed by atoms with E-state index in [-0.39, 0.29) is 41.9 Å². The number of benzene rings is 3. The molecule has 1 saturated carbocycles. The van der Waals surface area contributed by atoms with Crippen molar-refractivity contribution in [2.45, 2.75) is 103 Å². The number of aliphatic hydroxyl groups excluding tert-OH is 2. The van der Waals surface area contributed by atoms with Crippen molar-refractivity contribution in [2.75, 3.05) is 13.2 Å². The van der Waals surface area contributed by atoms with E-state index >= 15 is 0 Å². The van der Waals surface area contributed by atoms with Crippen LogP contribution in [0.5, 0.6) is 5.75 Å². The highest BCUT2D eigenvalue weighted by Gasteiger charge is 2.57. The van der Waals surface area contributed by atoms with Gasteiger partial charge in [0.2, 0.25) is 11.8 Å². The van der Waals surface area contributed by atoms with Gasteiger partial charge in [0, 0.05) is 12.0 Å². The molecule has 282 valence electrons. The maximum atomic E-state index is 14.3. The number of phenols is 1. The van der Waals surface area contributed by atoms with E-state index in [1.54, 1.807) is 17.0 Å². The number of likely N-dealkylation sites (tertiary alicyclic amines) is 1. The third-order valence-corrected chi connectivity index (χ3v) is 17.0. The Morgan fingerprint density at radius 2 is 1.57 bits per heavy atom. The standard InChI is InChI=1S/C45H57NO6Si/c1-5-31(26-32-16-15-19-35(48)27-32)24-25-40(49)41-33(28-38-42(39(41)29-47)44(51)46(43(38)50)34-17-9-6-10-18-34)30-52-53(45(2,3)4,36-20-11-7-12-21-36)37-22-13-8-14-23-37/h7-8,11-16,19-23,26-27,34,38-40,42,47-49H,5-6,9-10,17-18,24-25,28-30H2,1-4H3/b31-26+/t38-,39+,40-,42-/m1/s1. The molecular formula is C45H57NO6Si. The minimum Gasteiger partial charge on any atom is -0.508 e. The van der Waals surface area contributed by atoms with E-state index in [0.717, 1.165) is 65.6 Å². The average Bonchev–Trinajstić information content (AvgIpc) is 3.41. The van der Waals surface area contributed by atoms with Crippen molar-refractivity contribution in [1.29, 1.82) is 0 Å². The number of nitrogens with zero attached hydrogens (tertiary/aromatic N) is 1. The van der Waals surface area contributed by atoms with Crippen LogP contribution in [0.3, 0.4) is 0 Å². The molecule has 8 heteroatoms. The number of fused-ring (bicyclic) bond motifs is 1. The second kappa shape index (κ2) is 16.7. The lowest BCUT2D eigenvalue weighted by Crippen LogP contribution is -2.66. The van der Waals surface area contributed by atoms with Crippen LogP contribution in [0.2, 0.25) is 5.04 Å². The maximum Gasteiger partial charge on any atom is 0.261 e. The van der Waals surface area contributed by atoms with Gasteiger partial charge in [-0.15, -0.1) is 0 Å². The lowest BCUT2D eigenvalue weighted by Gasteiger charge is -2.44. The Kier molecular flexibility index (Phi) is 12.2. The number of imide groups is 1. The molecule has 6 rings (SSSR count). The van der Waals surface area contributed by atoms with Gasteiger partial charge in [-0.3, -0.25) is 14.5 Å². The molecule has 2 amide bonds. The Bertz CT molecular complexity index is 1750. The first-order valence-electron chi connectivity index (χ1n) is 19.6. The van der Waals surface area contributed by atoms with E-state index in [1.807, 2.05) is 24.3 Å². The van der Waals surface area contributed by atoms with Crippen molar-refractivity contribution < 1.29 is 29.3 Å². The number of phenolic OH excluding ortho intramolecular Hbond substituents is 1. The molecule has 4 atom stereocenters. The predicted octanol–water partition coefficient (Wildman–Crippen LogP) is 7.15. The van der Waals surface area contributed by atoms with E-state index in [0.29, 0.717) is 24.8 Å². The van der Waals surface area contributed by atoms with Crippen LogP contribution in [-0.4, -0.2) is 65.7 Å². The van der Waals surface area contributed by atoms with E-state index in [1.165, 1.54) is 0 Å². The fourth-order valence-corrected chi connectivity index (χ4v) is 14.0. The van der Waals surface area contributed by atoms with E-state index < -0.39 is 32.2 Å². The van der Waals surface area contributed by atoms with Crippen molar-refractivity contribution in [3.8, 4) is 5.75 Å². The molecule has 0 unspecified atom stereocenters. The molecule has 7 nitrogen and oxygen atoms in total. The molecule has 2 aliphatic carbocycles. The first-order chi connectivity index (χ1) is 25.5. The van der Waals surface area contributed by atoms with E-state index in [4.69, 9.17) is 4.43 Å². The molecule has 3 N–H and O–H groups in total. The second-order valence-corrected chi connectivity index (χ2v) is 20.6. The third-order valence-electron chi connectivity index (χ3n) is 12.0. The fourth-order valence-electron chi connectivity index (χ4n) is 9.45. The van der Waals surface area contributed by atoms with Gasteiger partial charge >= 0.3 is 0 Å². The molecule has 0 radical (unpaired) electrons. The van der Waals surface area contributed by atoms with Gasteiger partial charge < -0.3 is 19.7 Å². The number of hydrogen-bond acceptors (Lipinski definition) is 6. The number of carbonyl (C=O) groups is 2. The number of aliphatic hydroxyl groups is 2. The molecule has 1 saturated heterocycles. The summed E-state index contributed by atoms with van der Waals surface area (Å²) in [5.74, 6) is -2.11. The Morgan fingerprint density at radius 1 is 0.925 bits per heavy atom. The summed E-state index contributed by atoms with van der Waals surface area (Å²) < 4.78 is 7.41. The van der Waals surface area contributed by atoms with Gasteiger partial charge in [0.25, 0.3) is 8.32 Å². The van der Waals surface area contributed by atoms with Gasteiger partial charge in [0.1, 0.15) is 5.75 Å². The van der Waals surface area contributed by atoms with Crippen molar-refractivity contribution >= 4 is 36.6 Å². The first kappa shape index (κ1) is 38.9. The van der Waals surface area contributed by atoms with Crippen molar-refractivity contribution in [3.63, 3.8) is 0 Å². The number of carbonyl (C=O) groups excluding carboxylic acids is 2. The summed E-state index contributed by atoms with van der Waals surface area (Å²) in [5, 5.41) is 35.4. The smallest absolute Gasteiger partial charge is 0.261 e. The molecule has 53 heavy (non-hydrogen) atoms. The molecule has 3 aromatic rings. The van der Waals surface area contributed by atoms with Crippen LogP contribution in [0.4, 0.5) is 0 Å². The SMILES string of the molecule is CC/C(=C\c1cccc(O)c1)CC[C@@H](O)C1=C(CO[Si](c2ccccc2)(c2ccccc2)C(C)(C)C)C[C@H]2C(=O)N(C3CCCCC3)C(=O)[C@H]2[C@H]1CO. The predicted molar refractivity (Wildman–Crippen MR) is 213 cm³/mol. The summed E-state index contributed by atoms with van der Waals surface area (Å²) >= 11 is 0. The molecule has 2 fully saturated rings. The topological polar surface area (TPSA) is 107 Å². The monoisotopic (exact) mass is 735 g/mol. The Morgan fingerprint density at radius 3 is 2.13 bits per heavy atom. The lowest BCUT2D eigenvalue weighted by atomic mass is 9.68. The summed E-state index contributed by atoms with van der Waals surface area (Å²) in [4.78, 5) is 30.1. The van der Waals surface area contributed by atoms with Crippen molar-refractivity contribution in [1.82, 2.24) is 4.90 Å². The highest BCUT2D eigenvalue weighted by atomic mass is 28.4. The third kappa shape index (κ3) is 7.88. The maximum absolute atomic E-state index is 14.3. The van der Waals surface area contributed by atoms with Crippen LogP contribution in [-0.2, 0) is 14.0 Å². The number of rotatable bonds is 13. The highest BCUT2D eigenvalue weighted by molar-refractivity contribution is 6.99. The Labute approximate surface area is 316 Å². The normalized spacial score (nSPS) is 22.3. The highest BCUT2D eigenvalue weighted by Crippen LogP contribution is 2.48. The molecule has 1 heterocycles. The minimum atomic E-state index is -2.99. The summed E-state index contributed by atoms with van der Waals surface area (Å²) in [6, 6.07) is 27.8. The van der Waals surface area contributed by atoms with Gasteiger partial charge in [-0.2, -0.15) is 0 Å². The molecule has 1 aliphatic heterocycles. The van der Waals surface area contributed by atoms with E-state index in [9.17, 15) is 24.9 Å². The number of amides is 2.